The molecule has 0 aromatic carbocycles. The normalized spacial score (nSPS) is 19.1. The van der Waals surface area contributed by atoms with E-state index in [1.807, 2.05) is 41.5 Å². The van der Waals surface area contributed by atoms with Gasteiger partial charge in [-0.05, 0) is 36.9 Å². The topological polar surface area (TPSA) is 70.8 Å². The zero-order chi connectivity index (χ0) is 18.6. The highest BCUT2D eigenvalue weighted by atomic mass is 32.2. The monoisotopic (exact) mass is 396 g/mol. The smallest absolute Gasteiger partial charge is 0.237 e. The number of rotatable bonds is 8. The van der Waals surface area contributed by atoms with E-state index in [2.05, 4.69) is 0 Å². The Morgan fingerprint density at radius 3 is 2.73 bits per heavy atom. The van der Waals surface area contributed by atoms with Crippen molar-refractivity contribution < 1.29 is 17.6 Å². The summed E-state index contributed by atoms with van der Waals surface area (Å²) in [4.78, 5) is 17.8. The third-order valence-corrected chi connectivity index (χ3v) is 7.20. The van der Waals surface area contributed by atoms with Crippen molar-refractivity contribution in [2.45, 2.75) is 32.5 Å². The molecule has 0 saturated carbocycles. The molecule has 6 nitrogen and oxygen atoms in total. The van der Waals surface area contributed by atoms with Gasteiger partial charge in [-0.15, -0.1) is 11.3 Å². The van der Waals surface area contributed by atoms with Crippen LogP contribution in [0.2, 0.25) is 0 Å². The molecule has 8 heteroatoms. The molecule has 26 heavy (non-hydrogen) atoms. The van der Waals surface area contributed by atoms with E-state index in [0.29, 0.717) is 26.1 Å². The lowest BCUT2D eigenvalue weighted by Crippen LogP contribution is -2.45. The first-order valence-corrected chi connectivity index (χ1v) is 11.4. The molecule has 142 valence electrons. The van der Waals surface area contributed by atoms with Crippen LogP contribution in [0.15, 0.2) is 40.3 Å². The minimum absolute atomic E-state index is 0.0299. The fourth-order valence-electron chi connectivity index (χ4n) is 3.36. The predicted octanol–water partition coefficient (Wildman–Crippen LogP) is 2.38. The fourth-order valence-corrected chi connectivity index (χ4v) is 5.83. The van der Waals surface area contributed by atoms with E-state index in [4.69, 9.17) is 4.42 Å². The van der Waals surface area contributed by atoms with Gasteiger partial charge >= 0.3 is 0 Å². The average molecular weight is 397 g/mol. The van der Waals surface area contributed by atoms with Crippen molar-refractivity contribution >= 4 is 27.1 Å². The second kappa shape index (κ2) is 8.37. The van der Waals surface area contributed by atoms with Crippen molar-refractivity contribution in [2.75, 3.05) is 24.6 Å². The summed E-state index contributed by atoms with van der Waals surface area (Å²) in [6.07, 6.45) is 2.16. The second-order valence-electron chi connectivity index (χ2n) is 6.54. The maximum atomic E-state index is 12.9. The van der Waals surface area contributed by atoms with Gasteiger partial charge in [-0.1, -0.05) is 6.07 Å². The van der Waals surface area contributed by atoms with Gasteiger partial charge in [0.25, 0.3) is 0 Å². The number of hydrogen-bond acceptors (Lipinski definition) is 6. The molecule has 0 unspecified atom stereocenters. The number of hydrogen-bond donors (Lipinski definition) is 0. The van der Waals surface area contributed by atoms with Crippen molar-refractivity contribution in [3.63, 3.8) is 0 Å². The van der Waals surface area contributed by atoms with Gasteiger partial charge in [-0.2, -0.15) is 0 Å². The Kier molecular flexibility index (Phi) is 6.16. The molecule has 1 aliphatic heterocycles. The Morgan fingerprint density at radius 1 is 1.31 bits per heavy atom. The lowest BCUT2D eigenvalue weighted by Gasteiger charge is -2.30. The van der Waals surface area contributed by atoms with E-state index in [0.717, 1.165) is 5.76 Å². The van der Waals surface area contributed by atoms with E-state index in [1.54, 1.807) is 22.5 Å². The summed E-state index contributed by atoms with van der Waals surface area (Å²) in [5.41, 5.74) is 0. The Labute approximate surface area is 158 Å². The van der Waals surface area contributed by atoms with Gasteiger partial charge in [0.05, 0.1) is 30.9 Å². The van der Waals surface area contributed by atoms with Crippen molar-refractivity contribution in [1.82, 2.24) is 9.80 Å². The number of amides is 1. The Bertz CT molecular complexity index is 764. The zero-order valence-electron chi connectivity index (χ0n) is 14.8. The molecule has 3 heterocycles. The highest BCUT2D eigenvalue weighted by molar-refractivity contribution is 7.91. The highest BCUT2D eigenvalue weighted by Gasteiger charge is 2.34. The third kappa shape index (κ3) is 4.96. The Balaban J connectivity index is 1.68. The van der Waals surface area contributed by atoms with Crippen molar-refractivity contribution in [2.24, 2.45) is 0 Å². The predicted molar refractivity (Wildman–Crippen MR) is 102 cm³/mol. The van der Waals surface area contributed by atoms with Crippen molar-refractivity contribution in [1.29, 1.82) is 0 Å². The van der Waals surface area contributed by atoms with Crippen LogP contribution >= 0.6 is 11.3 Å². The number of likely N-dealkylation sites (N-methyl/N-ethyl adjacent to an activating group) is 1. The summed E-state index contributed by atoms with van der Waals surface area (Å²) in [6.45, 7) is 3.86. The van der Waals surface area contributed by atoms with E-state index in [1.165, 1.54) is 4.88 Å². The minimum atomic E-state index is -3.02. The summed E-state index contributed by atoms with van der Waals surface area (Å²) in [5.74, 6) is 1.03. The van der Waals surface area contributed by atoms with E-state index >= 15 is 0 Å². The molecule has 0 N–H and O–H groups in total. The summed E-state index contributed by atoms with van der Waals surface area (Å²) >= 11 is 1.65. The zero-order valence-corrected chi connectivity index (χ0v) is 16.5. The van der Waals surface area contributed by atoms with Crippen LogP contribution in [0.4, 0.5) is 0 Å². The molecular formula is C18H24N2O4S2. The first-order valence-electron chi connectivity index (χ1n) is 8.74. The second-order valence-corrected chi connectivity index (χ2v) is 9.80. The number of thiophene rings is 1. The third-order valence-electron chi connectivity index (χ3n) is 4.59. The number of sulfone groups is 1. The summed E-state index contributed by atoms with van der Waals surface area (Å²) in [5, 5.41) is 2.02. The number of nitrogens with zero attached hydrogens (tertiary/aromatic N) is 2. The van der Waals surface area contributed by atoms with Gasteiger partial charge in [0.15, 0.2) is 9.84 Å². The lowest BCUT2D eigenvalue weighted by molar-refractivity contribution is -0.134. The van der Waals surface area contributed by atoms with Crippen LogP contribution in [0.5, 0.6) is 0 Å². The van der Waals surface area contributed by atoms with Crippen molar-refractivity contribution in [3.05, 3.63) is 46.5 Å². The maximum Gasteiger partial charge on any atom is 0.237 e. The summed E-state index contributed by atoms with van der Waals surface area (Å²) in [6, 6.07) is 7.57. The van der Waals surface area contributed by atoms with Crippen LogP contribution in [0.25, 0.3) is 0 Å². The number of carbonyl (C=O) groups excluding carboxylic acids is 1. The number of furan rings is 1. The largest absolute Gasteiger partial charge is 0.468 e. The van der Waals surface area contributed by atoms with Crippen LogP contribution < -0.4 is 0 Å². The first-order chi connectivity index (χ1) is 12.5. The molecule has 0 radical (unpaired) electrons. The summed E-state index contributed by atoms with van der Waals surface area (Å²) in [7, 11) is -3.02. The van der Waals surface area contributed by atoms with Gasteiger partial charge < -0.3 is 9.32 Å². The molecule has 0 aliphatic carbocycles. The van der Waals surface area contributed by atoms with Crippen LogP contribution in [-0.4, -0.2) is 54.8 Å². The maximum absolute atomic E-state index is 12.9. The standard InChI is InChI=1S/C18H24N2O4S2/c1-2-20(15-7-10-26(22,23)14-15)18(21)13-19(11-16-5-3-8-24-16)12-17-6-4-9-25-17/h3-6,8-9,15H,2,7,10-14H2,1H3/t15-/m0/s1. The molecule has 1 aliphatic rings. The quantitative estimate of drug-likeness (QED) is 0.685. The molecule has 1 amide bonds. The average Bonchev–Trinajstić information content (AvgIpc) is 3.31. The Morgan fingerprint density at radius 2 is 2.15 bits per heavy atom. The molecule has 2 aromatic rings. The molecule has 2 aromatic heterocycles. The van der Waals surface area contributed by atoms with E-state index in [9.17, 15) is 13.2 Å². The molecule has 0 bridgehead atoms. The van der Waals surface area contributed by atoms with Crippen LogP contribution in [0.1, 0.15) is 24.0 Å². The van der Waals surface area contributed by atoms with Crippen LogP contribution in [0, 0.1) is 0 Å². The Hall–Kier alpha value is -1.64. The number of carbonyl (C=O) groups is 1. The van der Waals surface area contributed by atoms with Crippen LogP contribution in [0.3, 0.4) is 0 Å². The lowest BCUT2D eigenvalue weighted by atomic mass is 10.2. The van der Waals surface area contributed by atoms with Crippen LogP contribution in [-0.2, 0) is 27.7 Å². The van der Waals surface area contributed by atoms with E-state index < -0.39 is 9.84 Å². The van der Waals surface area contributed by atoms with Gasteiger partial charge in [0, 0.05) is 24.0 Å². The molecule has 1 atom stereocenters. The van der Waals surface area contributed by atoms with Gasteiger partial charge in [0.2, 0.25) is 5.91 Å². The van der Waals surface area contributed by atoms with Crippen molar-refractivity contribution in [3.8, 4) is 0 Å². The molecule has 0 spiro atoms. The fraction of sp³-hybridized carbons (Fsp3) is 0.500. The van der Waals surface area contributed by atoms with E-state index in [-0.39, 0.29) is 30.0 Å². The molecule has 1 fully saturated rings. The highest BCUT2D eigenvalue weighted by Crippen LogP contribution is 2.19. The first kappa shape index (κ1) is 19.1. The molecule has 1 saturated heterocycles. The molecular weight excluding hydrogens is 372 g/mol. The van der Waals surface area contributed by atoms with Gasteiger partial charge in [0.1, 0.15) is 5.76 Å². The summed E-state index contributed by atoms with van der Waals surface area (Å²) < 4.78 is 29.0. The van der Waals surface area contributed by atoms with Gasteiger partial charge in [-0.25, -0.2) is 8.42 Å². The molecule has 3 rings (SSSR count). The SMILES string of the molecule is CCN(C(=O)CN(Cc1ccco1)Cc1cccs1)[C@H]1CCS(=O)(=O)C1. The minimum Gasteiger partial charge on any atom is -0.468 e. The van der Waals surface area contributed by atoms with Gasteiger partial charge in [-0.3, -0.25) is 9.69 Å².